The molecule has 0 fully saturated rings. The van der Waals surface area contributed by atoms with E-state index in [1.54, 1.807) is 6.08 Å². The van der Waals surface area contributed by atoms with Crippen molar-refractivity contribution in [3.8, 4) is 5.75 Å². The molecule has 28 heavy (non-hydrogen) atoms. The molecule has 0 spiro atoms. The molecule has 0 unspecified atom stereocenters. The highest BCUT2D eigenvalue weighted by molar-refractivity contribution is 6.30. The zero-order valence-electron chi connectivity index (χ0n) is 15.0. The Balaban J connectivity index is 1.84. The van der Waals surface area contributed by atoms with Gasteiger partial charge in [-0.05, 0) is 35.9 Å². The minimum Gasteiger partial charge on any atom is -0.489 e. The topological polar surface area (TPSA) is 73.1 Å². The summed E-state index contributed by atoms with van der Waals surface area (Å²) in [6, 6.07) is 13.3. The Hall–Kier alpha value is -3.25. The first-order valence-corrected chi connectivity index (χ1v) is 8.93. The number of halogens is 1. The zero-order valence-corrected chi connectivity index (χ0v) is 15.8. The second kappa shape index (κ2) is 9.10. The van der Waals surface area contributed by atoms with Crippen LogP contribution in [-0.2, 0) is 22.8 Å². The molecule has 0 aliphatic rings. The number of fused-ring (bicyclic) bond motifs is 1. The van der Waals surface area contributed by atoms with Gasteiger partial charge in [0.15, 0.2) is 0 Å². The number of aliphatic carboxylic acids is 1. The number of hydrogen-bond donors (Lipinski definition) is 1. The van der Waals surface area contributed by atoms with Crippen LogP contribution in [0.3, 0.4) is 0 Å². The summed E-state index contributed by atoms with van der Waals surface area (Å²) in [4.78, 5) is 15.3. The molecule has 0 atom stereocenters. The maximum absolute atomic E-state index is 10.5. The van der Waals surface area contributed by atoms with Crippen LogP contribution in [0.1, 0.15) is 11.1 Å². The molecule has 1 N–H and O–H groups in total. The summed E-state index contributed by atoms with van der Waals surface area (Å²) in [5.74, 6) is -0.382. The first-order valence-electron chi connectivity index (χ1n) is 8.55. The van der Waals surface area contributed by atoms with Gasteiger partial charge in [-0.3, -0.25) is 0 Å². The molecule has 0 saturated carbocycles. The fourth-order valence-corrected chi connectivity index (χ4v) is 2.98. The quantitative estimate of drug-likeness (QED) is 0.327. The normalized spacial score (nSPS) is 11.0. The molecular weight excluding hydrogens is 380 g/mol. The van der Waals surface area contributed by atoms with Gasteiger partial charge in [-0.25, -0.2) is 4.79 Å². The molecule has 7 heteroatoms. The zero-order chi connectivity index (χ0) is 19.9. The molecule has 1 heterocycles. The summed E-state index contributed by atoms with van der Waals surface area (Å²) in [7, 11) is 0. The summed E-state index contributed by atoms with van der Waals surface area (Å²) in [6.07, 6.45) is 5.19. The van der Waals surface area contributed by atoms with Crippen LogP contribution in [0.4, 0.5) is 0 Å². The van der Waals surface area contributed by atoms with E-state index in [4.69, 9.17) is 26.3 Å². The summed E-state index contributed by atoms with van der Waals surface area (Å²) in [5.41, 5.74) is 2.74. The molecule has 3 aromatic rings. The second-order valence-electron chi connectivity index (χ2n) is 6.02. The Morgan fingerprint density at radius 1 is 1.29 bits per heavy atom. The van der Waals surface area contributed by atoms with Crippen molar-refractivity contribution in [2.24, 2.45) is 5.16 Å². The van der Waals surface area contributed by atoms with Crippen LogP contribution in [0.2, 0.25) is 5.02 Å². The molecule has 0 saturated heterocycles. The van der Waals surface area contributed by atoms with Gasteiger partial charge in [-0.1, -0.05) is 35.0 Å². The van der Waals surface area contributed by atoms with Gasteiger partial charge in [0.2, 0.25) is 6.61 Å². The van der Waals surface area contributed by atoms with Crippen LogP contribution in [0, 0.1) is 0 Å². The van der Waals surface area contributed by atoms with Crippen LogP contribution in [0.15, 0.2) is 66.5 Å². The van der Waals surface area contributed by atoms with Crippen LogP contribution in [0.25, 0.3) is 10.9 Å². The molecule has 3 rings (SSSR count). The van der Waals surface area contributed by atoms with Crippen molar-refractivity contribution in [2.75, 3.05) is 6.61 Å². The van der Waals surface area contributed by atoms with Crippen LogP contribution < -0.4 is 4.74 Å². The molecule has 144 valence electrons. The van der Waals surface area contributed by atoms with Crippen molar-refractivity contribution in [3.63, 3.8) is 0 Å². The Morgan fingerprint density at radius 3 is 2.89 bits per heavy atom. The first-order chi connectivity index (χ1) is 13.6. The van der Waals surface area contributed by atoms with Crippen LogP contribution in [-0.4, -0.2) is 28.5 Å². The average Bonchev–Trinajstić information content (AvgIpc) is 3.01. The smallest absolute Gasteiger partial charge is 0.344 e. The molecule has 0 aliphatic carbocycles. The number of allylic oxidation sites excluding steroid dienone is 1. The van der Waals surface area contributed by atoms with Gasteiger partial charge in [-0.15, -0.1) is 6.58 Å². The van der Waals surface area contributed by atoms with E-state index >= 15 is 0 Å². The molecule has 1 aromatic heterocycles. The van der Waals surface area contributed by atoms with Gasteiger partial charge >= 0.3 is 5.97 Å². The second-order valence-corrected chi connectivity index (χ2v) is 6.46. The number of benzene rings is 2. The average molecular weight is 399 g/mol. The third-order valence-corrected chi connectivity index (χ3v) is 4.19. The van der Waals surface area contributed by atoms with E-state index in [9.17, 15) is 4.79 Å². The molecule has 0 radical (unpaired) electrons. The standard InChI is InChI=1S/C21H19ClN2O4/c1-2-8-24-12-16(11-23-28-14-21(25)26)19-10-18(6-7-20(19)24)27-13-15-4-3-5-17(22)9-15/h2-7,9-12H,1,8,13-14H2,(H,25,26). The van der Waals surface area contributed by atoms with Gasteiger partial charge in [0, 0.05) is 34.2 Å². The Kier molecular flexibility index (Phi) is 6.34. The van der Waals surface area contributed by atoms with Crippen molar-refractivity contribution in [3.05, 3.63) is 77.5 Å². The van der Waals surface area contributed by atoms with E-state index in [0.717, 1.165) is 22.0 Å². The van der Waals surface area contributed by atoms with Crippen LogP contribution >= 0.6 is 11.6 Å². The number of hydrogen-bond acceptors (Lipinski definition) is 4. The van der Waals surface area contributed by atoms with Gasteiger partial charge in [0.25, 0.3) is 0 Å². The SMILES string of the molecule is C=CCn1cc(C=NOCC(=O)O)c2cc(OCc3cccc(Cl)c3)ccc21. The fraction of sp³-hybridized carbons (Fsp3) is 0.143. The molecular formula is C21H19ClN2O4. The van der Waals surface area contributed by atoms with Gasteiger partial charge in [0.1, 0.15) is 12.4 Å². The van der Waals surface area contributed by atoms with Gasteiger partial charge in [0.05, 0.1) is 6.21 Å². The lowest BCUT2D eigenvalue weighted by atomic mass is 10.2. The van der Waals surface area contributed by atoms with E-state index in [1.807, 2.05) is 53.2 Å². The highest BCUT2D eigenvalue weighted by atomic mass is 35.5. The lowest BCUT2D eigenvalue weighted by Gasteiger charge is -2.08. The predicted molar refractivity (Wildman–Crippen MR) is 109 cm³/mol. The number of aromatic nitrogens is 1. The summed E-state index contributed by atoms with van der Waals surface area (Å²) < 4.78 is 7.91. The minimum atomic E-state index is -1.08. The molecule has 6 nitrogen and oxygen atoms in total. The van der Waals surface area contributed by atoms with Gasteiger partial charge < -0.3 is 19.2 Å². The Labute approximate surface area is 167 Å². The maximum atomic E-state index is 10.5. The van der Waals surface area contributed by atoms with Crippen molar-refractivity contribution in [1.82, 2.24) is 4.57 Å². The number of ether oxygens (including phenoxy) is 1. The number of oxime groups is 1. The number of nitrogens with zero attached hydrogens (tertiary/aromatic N) is 2. The van der Waals surface area contributed by atoms with E-state index < -0.39 is 12.6 Å². The Bertz CT molecular complexity index is 1030. The summed E-state index contributed by atoms with van der Waals surface area (Å²) in [5, 5.41) is 13.9. The van der Waals surface area contributed by atoms with Crippen LogP contribution in [0.5, 0.6) is 5.75 Å². The van der Waals surface area contributed by atoms with E-state index in [-0.39, 0.29) is 0 Å². The van der Waals surface area contributed by atoms with Crippen molar-refractivity contribution >= 4 is 34.7 Å². The Morgan fingerprint density at radius 2 is 2.14 bits per heavy atom. The third kappa shape index (κ3) is 4.92. The largest absolute Gasteiger partial charge is 0.489 e. The van der Waals surface area contributed by atoms with Crippen molar-refractivity contribution < 1.29 is 19.5 Å². The molecule has 0 amide bonds. The van der Waals surface area contributed by atoms with E-state index in [2.05, 4.69) is 11.7 Å². The third-order valence-electron chi connectivity index (χ3n) is 3.96. The number of carbonyl (C=O) groups is 1. The van der Waals surface area contributed by atoms with E-state index in [1.165, 1.54) is 6.21 Å². The van der Waals surface area contributed by atoms with Crippen molar-refractivity contribution in [2.45, 2.75) is 13.2 Å². The predicted octanol–water partition coefficient (Wildman–Crippen LogP) is 4.49. The lowest BCUT2D eigenvalue weighted by Crippen LogP contribution is -2.03. The number of carboxylic acid groups (broad SMARTS) is 1. The summed E-state index contributed by atoms with van der Waals surface area (Å²) >= 11 is 6.01. The number of rotatable bonds is 9. The highest BCUT2D eigenvalue weighted by Crippen LogP contribution is 2.26. The number of carboxylic acids is 1. The van der Waals surface area contributed by atoms with Crippen molar-refractivity contribution in [1.29, 1.82) is 0 Å². The molecule has 2 aromatic carbocycles. The summed E-state index contributed by atoms with van der Waals surface area (Å²) in [6.45, 7) is 4.31. The fourth-order valence-electron chi connectivity index (χ4n) is 2.77. The minimum absolute atomic E-state index is 0.393. The first kappa shape index (κ1) is 19.5. The highest BCUT2D eigenvalue weighted by Gasteiger charge is 2.09. The van der Waals surface area contributed by atoms with E-state index in [0.29, 0.717) is 23.9 Å². The molecule has 0 bridgehead atoms. The monoisotopic (exact) mass is 398 g/mol. The maximum Gasteiger partial charge on any atom is 0.344 e. The van der Waals surface area contributed by atoms with Gasteiger partial charge in [-0.2, -0.15) is 0 Å². The lowest BCUT2D eigenvalue weighted by molar-refractivity contribution is -0.142. The molecule has 0 aliphatic heterocycles.